The first-order valence-electron chi connectivity index (χ1n) is 5.83. The van der Waals surface area contributed by atoms with E-state index in [9.17, 15) is 4.39 Å². The third-order valence-corrected chi connectivity index (χ3v) is 3.20. The van der Waals surface area contributed by atoms with Crippen LogP contribution in [0.2, 0.25) is 0 Å². The molecule has 100 valence electrons. The lowest BCUT2D eigenvalue weighted by atomic mass is 10.1. The van der Waals surface area contributed by atoms with Gasteiger partial charge in [-0.3, -0.25) is 0 Å². The Labute approximate surface area is 120 Å². The third-order valence-electron chi connectivity index (χ3n) is 2.76. The Hall–Kier alpha value is -1.62. The van der Waals surface area contributed by atoms with E-state index in [1.54, 1.807) is 6.20 Å². The summed E-state index contributed by atoms with van der Waals surface area (Å²) in [6.45, 7) is 2.04. The van der Waals surface area contributed by atoms with Crippen molar-refractivity contribution in [1.29, 1.82) is 0 Å². The number of pyridine rings is 1. The van der Waals surface area contributed by atoms with E-state index in [0.29, 0.717) is 4.47 Å². The molecule has 5 heteroatoms. The van der Waals surface area contributed by atoms with Crippen molar-refractivity contribution in [2.45, 2.75) is 6.92 Å². The summed E-state index contributed by atoms with van der Waals surface area (Å²) >= 11 is 3.18. The number of benzene rings is 1. The first kappa shape index (κ1) is 13.8. The molecule has 0 atom stereocenters. The Balaban J connectivity index is 2.31. The molecule has 0 aliphatic carbocycles. The molecule has 0 aliphatic heterocycles. The zero-order chi connectivity index (χ0) is 14.0. The molecule has 0 amide bonds. The van der Waals surface area contributed by atoms with Crippen LogP contribution in [-0.4, -0.2) is 19.1 Å². The summed E-state index contributed by atoms with van der Waals surface area (Å²) < 4.78 is 14.3. The summed E-state index contributed by atoms with van der Waals surface area (Å²) in [6.07, 6.45) is 1.56. The molecule has 0 aliphatic rings. The van der Waals surface area contributed by atoms with Crippen LogP contribution in [0.25, 0.3) is 0 Å². The normalized spacial score (nSPS) is 10.4. The molecule has 0 fully saturated rings. The first-order chi connectivity index (χ1) is 8.97. The minimum atomic E-state index is -0.388. The van der Waals surface area contributed by atoms with E-state index in [0.717, 1.165) is 11.4 Å². The van der Waals surface area contributed by atoms with Crippen molar-refractivity contribution in [2.75, 3.05) is 24.3 Å². The number of nitrogens with zero attached hydrogens (tertiary/aromatic N) is 2. The number of hydrogen-bond acceptors (Lipinski definition) is 3. The number of halogens is 2. The van der Waals surface area contributed by atoms with Crippen molar-refractivity contribution < 1.29 is 4.39 Å². The summed E-state index contributed by atoms with van der Waals surface area (Å²) in [5.74, 6) is -0.168. The Morgan fingerprint density at radius 3 is 2.63 bits per heavy atom. The van der Waals surface area contributed by atoms with Crippen molar-refractivity contribution in [3.63, 3.8) is 0 Å². The smallest absolute Gasteiger partial charge is 0.166 e. The van der Waals surface area contributed by atoms with E-state index in [4.69, 9.17) is 0 Å². The van der Waals surface area contributed by atoms with Gasteiger partial charge in [-0.25, -0.2) is 9.37 Å². The molecule has 19 heavy (non-hydrogen) atoms. The van der Waals surface area contributed by atoms with Gasteiger partial charge in [-0.1, -0.05) is 6.07 Å². The molecule has 1 heterocycles. The highest BCUT2D eigenvalue weighted by Gasteiger charge is 2.07. The maximum absolute atomic E-state index is 13.7. The van der Waals surface area contributed by atoms with Crippen LogP contribution in [0.3, 0.4) is 0 Å². The second-order valence-corrected chi connectivity index (χ2v) is 5.42. The fourth-order valence-electron chi connectivity index (χ4n) is 1.81. The minimum Gasteiger partial charge on any atom is -0.377 e. The lowest BCUT2D eigenvalue weighted by Crippen LogP contribution is -2.10. The number of aromatic nitrogens is 1. The SMILES string of the molecule is Cc1ccc(Nc2ncc(Br)cc2F)cc1N(C)C. The van der Waals surface area contributed by atoms with Crippen LogP contribution in [0.4, 0.5) is 21.6 Å². The molecule has 2 rings (SSSR count). The lowest BCUT2D eigenvalue weighted by Gasteiger charge is -2.17. The molecule has 0 spiro atoms. The highest BCUT2D eigenvalue weighted by Crippen LogP contribution is 2.26. The van der Waals surface area contributed by atoms with Crippen molar-refractivity contribution >= 4 is 33.1 Å². The average Bonchev–Trinajstić information content (AvgIpc) is 2.34. The van der Waals surface area contributed by atoms with Crippen molar-refractivity contribution in [2.24, 2.45) is 0 Å². The molecule has 0 saturated carbocycles. The van der Waals surface area contributed by atoms with Gasteiger partial charge in [-0.15, -0.1) is 0 Å². The molecule has 0 bridgehead atoms. The Bertz CT molecular complexity index is 599. The summed E-state index contributed by atoms with van der Waals surface area (Å²) in [4.78, 5) is 6.04. The predicted molar refractivity (Wildman–Crippen MR) is 80.7 cm³/mol. The summed E-state index contributed by atoms with van der Waals surface area (Å²) in [7, 11) is 3.95. The molecule has 1 aromatic carbocycles. The Morgan fingerprint density at radius 1 is 1.26 bits per heavy atom. The van der Waals surface area contributed by atoms with Gasteiger partial charge in [0.15, 0.2) is 11.6 Å². The zero-order valence-electron chi connectivity index (χ0n) is 11.0. The van der Waals surface area contributed by atoms with Gasteiger partial charge < -0.3 is 10.2 Å². The van der Waals surface area contributed by atoms with E-state index < -0.39 is 0 Å². The second kappa shape index (κ2) is 5.57. The maximum Gasteiger partial charge on any atom is 0.166 e. The lowest BCUT2D eigenvalue weighted by molar-refractivity contribution is 0.625. The van der Waals surface area contributed by atoms with E-state index in [1.807, 2.05) is 44.1 Å². The number of anilines is 3. The van der Waals surface area contributed by atoms with Crippen LogP contribution in [0.5, 0.6) is 0 Å². The molecule has 1 N–H and O–H groups in total. The molecule has 0 unspecified atom stereocenters. The Kier molecular flexibility index (Phi) is 4.04. The van der Waals surface area contributed by atoms with Crippen molar-refractivity contribution in [1.82, 2.24) is 4.98 Å². The third kappa shape index (κ3) is 3.23. The van der Waals surface area contributed by atoms with E-state index >= 15 is 0 Å². The van der Waals surface area contributed by atoms with Gasteiger partial charge in [-0.05, 0) is 46.6 Å². The molecular weight excluding hydrogens is 309 g/mol. The van der Waals surface area contributed by atoms with Crippen molar-refractivity contribution in [3.8, 4) is 0 Å². The molecule has 3 nitrogen and oxygen atoms in total. The van der Waals surface area contributed by atoms with Gasteiger partial charge in [0.25, 0.3) is 0 Å². The van der Waals surface area contributed by atoms with Crippen LogP contribution in [-0.2, 0) is 0 Å². The van der Waals surface area contributed by atoms with Gasteiger partial charge in [0, 0.05) is 36.1 Å². The topological polar surface area (TPSA) is 28.2 Å². The highest BCUT2D eigenvalue weighted by molar-refractivity contribution is 9.10. The predicted octanol–water partition coefficient (Wildman–Crippen LogP) is 4.10. The number of rotatable bonds is 3. The molecular formula is C14H15BrFN3. The molecule has 1 aromatic heterocycles. The highest BCUT2D eigenvalue weighted by atomic mass is 79.9. The standard InChI is InChI=1S/C14H15BrFN3/c1-9-4-5-11(7-13(9)19(2)3)18-14-12(16)6-10(15)8-17-14/h4-8H,1-3H3,(H,17,18). The van der Waals surface area contributed by atoms with E-state index in [-0.39, 0.29) is 11.6 Å². The number of nitrogens with one attached hydrogen (secondary N) is 1. The number of aryl methyl sites for hydroxylation is 1. The first-order valence-corrected chi connectivity index (χ1v) is 6.62. The fourth-order valence-corrected chi connectivity index (χ4v) is 2.12. The molecule has 0 radical (unpaired) electrons. The maximum atomic E-state index is 13.7. The van der Waals surface area contributed by atoms with E-state index in [1.165, 1.54) is 11.6 Å². The molecule has 2 aromatic rings. The van der Waals surface area contributed by atoms with Crippen LogP contribution in [0.1, 0.15) is 5.56 Å². The van der Waals surface area contributed by atoms with E-state index in [2.05, 4.69) is 26.2 Å². The van der Waals surface area contributed by atoms with Gasteiger partial charge in [-0.2, -0.15) is 0 Å². The van der Waals surface area contributed by atoms with Crippen LogP contribution in [0.15, 0.2) is 34.9 Å². The monoisotopic (exact) mass is 323 g/mol. The van der Waals surface area contributed by atoms with Crippen LogP contribution in [0, 0.1) is 12.7 Å². The average molecular weight is 324 g/mol. The van der Waals surface area contributed by atoms with Gasteiger partial charge >= 0.3 is 0 Å². The summed E-state index contributed by atoms with van der Waals surface area (Å²) in [6, 6.07) is 7.26. The largest absolute Gasteiger partial charge is 0.377 e. The van der Waals surface area contributed by atoms with Crippen LogP contribution >= 0.6 is 15.9 Å². The Morgan fingerprint density at radius 2 is 2.00 bits per heavy atom. The van der Waals surface area contributed by atoms with Gasteiger partial charge in [0.2, 0.25) is 0 Å². The van der Waals surface area contributed by atoms with Gasteiger partial charge in [0.1, 0.15) is 0 Å². The summed E-state index contributed by atoms with van der Waals surface area (Å²) in [5, 5.41) is 2.99. The molecule has 0 saturated heterocycles. The van der Waals surface area contributed by atoms with Crippen molar-refractivity contribution in [3.05, 3.63) is 46.3 Å². The minimum absolute atomic E-state index is 0.219. The van der Waals surface area contributed by atoms with Crippen LogP contribution < -0.4 is 10.2 Å². The number of hydrogen-bond donors (Lipinski definition) is 1. The second-order valence-electron chi connectivity index (χ2n) is 4.50. The summed E-state index contributed by atoms with van der Waals surface area (Å²) in [5.41, 5.74) is 3.06. The quantitative estimate of drug-likeness (QED) is 0.921. The fraction of sp³-hybridized carbons (Fsp3) is 0.214. The zero-order valence-corrected chi connectivity index (χ0v) is 12.6. The van der Waals surface area contributed by atoms with Gasteiger partial charge in [0.05, 0.1) is 0 Å².